The first kappa shape index (κ1) is 9.96. The molecule has 2 aromatic rings. The van der Waals surface area contributed by atoms with Gasteiger partial charge in [-0.3, -0.25) is 4.98 Å². The maximum Gasteiger partial charge on any atom is 0.200 e. The smallest absolute Gasteiger partial charge is 0.200 e. The topological polar surface area (TPSA) is 56.7 Å². The number of pyridine rings is 1. The molecule has 2 aromatic heterocycles. The van der Waals surface area contributed by atoms with Gasteiger partial charge in [-0.2, -0.15) is 0 Å². The van der Waals surface area contributed by atoms with Crippen LogP contribution in [-0.4, -0.2) is 14.5 Å². The van der Waals surface area contributed by atoms with Crippen LogP contribution in [0.3, 0.4) is 0 Å². The van der Waals surface area contributed by atoms with Gasteiger partial charge >= 0.3 is 0 Å². The van der Waals surface area contributed by atoms with Crippen LogP contribution in [0.15, 0.2) is 12.3 Å². The van der Waals surface area contributed by atoms with Gasteiger partial charge in [-0.25, -0.2) is 4.98 Å². The summed E-state index contributed by atoms with van der Waals surface area (Å²) in [6.07, 6.45) is 1.78. The molecule has 2 rings (SSSR count). The molecule has 0 unspecified atom stereocenters. The van der Waals surface area contributed by atoms with E-state index < -0.39 is 0 Å². The second kappa shape index (κ2) is 2.95. The highest BCUT2D eigenvalue weighted by atomic mass is 15.1. The van der Waals surface area contributed by atoms with Crippen molar-refractivity contribution in [3.05, 3.63) is 18.0 Å². The van der Waals surface area contributed by atoms with Gasteiger partial charge in [0.1, 0.15) is 5.52 Å². The van der Waals surface area contributed by atoms with Crippen LogP contribution >= 0.6 is 0 Å². The molecule has 0 aliphatic rings. The van der Waals surface area contributed by atoms with Crippen molar-refractivity contribution in [2.24, 2.45) is 7.05 Å². The summed E-state index contributed by atoms with van der Waals surface area (Å²) in [6, 6.07) is 2.05. The molecule has 15 heavy (non-hydrogen) atoms. The van der Waals surface area contributed by atoms with Crippen molar-refractivity contribution in [2.45, 2.75) is 26.2 Å². The van der Waals surface area contributed by atoms with Gasteiger partial charge in [-0.15, -0.1) is 0 Å². The quantitative estimate of drug-likeness (QED) is 0.712. The fourth-order valence-corrected chi connectivity index (χ4v) is 1.52. The minimum Gasteiger partial charge on any atom is -0.369 e. The van der Waals surface area contributed by atoms with E-state index in [9.17, 15) is 0 Å². The summed E-state index contributed by atoms with van der Waals surface area (Å²) in [4.78, 5) is 8.62. The van der Waals surface area contributed by atoms with Gasteiger partial charge < -0.3 is 10.3 Å². The lowest BCUT2D eigenvalue weighted by Crippen LogP contribution is -2.13. The van der Waals surface area contributed by atoms with E-state index in [0.717, 1.165) is 16.7 Å². The Morgan fingerprint density at radius 3 is 2.60 bits per heavy atom. The zero-order valence-electron chi connectivity index (χ0n) is 9.57. The number of hydrogen-bond acceptors (Lipinski definition) is 3. The van der Waals surface area contributed by atoms with Crippen molar-refractivity contribution in [2.75, 3.05) is 5.73 Å². The summed E-state index contributed by atoms with van der Waals surface area (Å²) in [6.45, 7) is 6.42. The van der Waals surface area contributed by atoms with Gasteiger partial charge in [0.05, 0.1) is 11.7 Å². The van der Waals surface area contributed by atoms with Crippen molar-refractivity contribution in [3.63, 3.8) is 0 Å². The first-order chi connectivity index (χ1) is 6.89. The van der Waals surface area contributed by atoms with Crippen LogP contribution in [0.25, 0.3) is 11.0 Å². The predicted molar refractivity (Wildman–Crippen MR) is 61.6 cm³/mol. The monoisotopic (exact) mass is 204 g/mol. The third-order valence-corrected chi connectivity index (χ3v) is 2.57. The van der Waals surface area contributed by atoms with Crippen molar-refractivity contribution < 1.29 is 0 Å². The fourth-order valence-electron chi connectivity index (χ4n) is 1.52. The normalized spacial score (nSPS) is 12.3. The zero-order chi connectivity index (χ0) is 11.2. The minimum atomic E-state index is 0.0488. The average molecular weight is 204 g/mol. The molecule has 0 atom stereocenters. The molecular weight excluding hydrogens is 188 g/mol. The van der Waals surface area contributed by atoms with Gasteiger partial charge in [-0.05, 0) is 6.07 Å². The van der Waals surface area contributed by atoms with Crippen molar-refractivity contribution in [1.29, 1.82) is 0 Å². The number of aromatic nitrogens is 3. The second-order valence-electron chi connectivity index (χ2n) is 4.84. The number of rotatable bonds is 0. The maximum absolute atomic E-state index is 5.74. The molecule has 2 heterocycles. The maximum atomic E-state index is 5.74. The summed E-state index contributed by atoms with van der Waals surface area (Å²) in [5.41, 5.74) is 8.72. The van der Waals surface area contributed by atoms with E-state index in [4.69, 9.17) is 5.73 Å². The molecule has 0 radical (unpaired) electrons. The van der Waals surface area contributed by atoms with Crippen LogP contribution in [-0.2, 0) is 12.5 Å². The van der Waals surface area contributed by atoms with Gasteiger partial charge in [0, 0.05) is 18.2 Å². The van der Waals surface area contributed by atoms with E-state index in [1.807, 2.05) is 11.6 Å². The van der Waals surface area contributed by atoms with Crippen LogP contribution in [0.2, 0.25) is 0 Å². The summed E-state index contributed by atoms with van der Waals surface area (Å²) < 4.78 is 1.88. The van der Waals surface area contributed by atoms with Crippen LogP contribution in [0.1, 0.15) is 26.5 Å². The number of aryl methyl sites for hydroxylation is 1. The summed E-state index contributed by atoms with van der Waals surface area (Å²) in [5.74, 6) is 0.526. The molecule has 0 spiro atoms. The average Bonchev–Trinajstić information content (AvgIpc) is 2.41. The van der Waals surface area contributed by atoms with Crippen LogP contribution in [0.5, 0.6) is 0 Å². The molecule has 0 saturated heterocycles. The Hall–Kier alpha value is -1.58. The van der Waals surface area contributed by atoms with E-state index in [1.165, 1.54) is 0 Å². The van der Waals surface area contributed by atoms with E-state index >= 15 is 0 Å². The first-order valence-electron chi connectivity index (χ1n) is 4.98. The zero-order valence-corrected chi connectivity index (χ0v) is 9.57. The van der Waals surface area contributed by atoms with Gasteiger partial charge in [0.15, 0.2) is 0 Å². The van der Waals surface area contributed by atoms with Gasteiger partial charge in [0.2, 0.25) is 5.95 Å². The lowest BCUT2D eigenvalue weighted by atomic mass is 9.91. The number of nitrogens with zero attached hydrogens (tertiary/aromatic N) is 3. The van der Waals surface area contributed by atoms with E-state index in [0.29, 0.717) is 5.95 Å². The van der Waals surface area contributed by atoms with E-state index in [1.54, 1.807) is 6.20 Å². The number of hydrogen-bond donors (Lipinski definition) is 1. The number of anilines is 1. The molecule has 0 fully saturated rings. The molecule has 2 N–H and O–H groups in total. The molecule has 0 aliphatic carbocycles. The second-order valence-corrected chi connectivity index (χ2v) is 4.84. The molecular formula is C11H16N4. The Bertz CT molecular complexity index is 505. The lowest BCUT2D eigenvalue weighted by molar-refractivity contribution is 0.570. The largest absolute Gasteiger partial charge is 0.369 e. The SMILES string of the molecule is Cn1c(N)nc2cnc(C(C)(C)C)cc21. The molecule has 4 heteroatoms. The van der Waals surface area contributed by atoms with Crippen molar-refractivity contribution >= 4 is 17.0 Å². The van der Waals surface area contributed by atoms with E-state index in [-0.39, 0.29) is 5.41 Å². The molecule has 0 amide bonds. The van der Waals surface area contributed by atoms with Crippen LogP contribution in [0, 0.1) is 0 Å². The number of nitrogens with two attached hydrogens (primary N) is 1. The lowest BCUT2D eigenvalue weighted by Gasteiger charge is -2.17. The predicted octanol–water partition coefficient (Wildman–Crippen LogP) is 1.85. The summed E-state index contributed by atoms with van der Waals surface area (Å²) in [7, 11) is 1.91. The standard InChI is InChI=1S/C11H16N4/c1-11(2,3)9-5-8-7(6-13-9)14-10(12)15(8)4/h5-6H,1-4H3,(H2,12,14). The third-order valence-electron chi connectivity index (χ3n) is 2.57. The van der Waals surface area contributed by atoms with Crippen molar-refractivity contribution in [1.82, 2.24) is 14.5 Å². The summed E-state index contributed by atoms with van der Waals surface area (Å²) in [5, 5.41) is 0. The molecule has 0 aliphatic heterocycles. The molecule has 0 aromatic carbocycles. The Kier molecular flexibility index (Phi) is 1.96. The molecule has 80 valence electrons. The van der Waals surface area contributed by atoms with Crippen LogP contribution < -0.4 is 5.73 Å². The summed E-state index contributed by atoms with van der Waals surface area (Å²) >= 11 is 0. The molecule has 0 saturated carbocycles. The number of fused-ring (bicyclic) bond motifs is 1. The Labute approximate surface area is 89.1 Å². The van der Waals surface area contributed by atoms with Gasteiger partial charge in [-0.1, -0.05) is 20.8 Å². The fraction of sp³-hybridized carbons (Fsp3) is 0.455. The van der Waals surface area contributed by atoms with Gasteiger partial charge in [0.25, 0.3) is 0 Å². The number of imidazole rings is 1. The molecule has 0 bridgehead atoms. The van der Waals surface area contributed by atoms with Crippen LogP contribution in [0.4, 0.5) is 5.95 Å². The van der Waals surface area contributed by atoms with Crippen molar-refractivity contribution in [3.8, 4) is 0 Å². The Balaban J connectivity index is 2.70. The third kappa shape index (κ3) is 1.56. The van der Waals surface area contributed by atoms with E-state index in [2.05, 4.69) is 36.8 Å². The Morgan fingerprint density at radius 1 is 1.33 bits per heavy atom. The molecule has 4 nitrogen and oxygen atoms in total. The Morgan fingerprint density at radius 2 is 2.00 bits per heavy atom. The highest BCUT2D eigenvalue weighted by molar-refractivity contribution is 5.77. The highest BCUT2D eigenvalue weighted by Gasteiger charge is 2.17. The number of nitrogen functional groups attached to an aromatic ring is 1. The minimum absolute atomic E-state index is 0.0488. The first-order valence-corrected chi connectivity index (χ1v) is 4.98. The highest BCUT2D eigenvalue weighted by Crippen LogP contribution is 2.24.